The molecular weight excluding hydrogens is 453 g/mol. The van der Waals surface area contributed by atoms with Gasteiger partial charge in [-0.2, -0.15) is 5.26 Å². The molecule has 3 aromatic rings. The van der Waals surface area contributed by atoms with Gasteiger partial charge in [-0.15, -0.1) is 11.3 Å². The van der Waals surface area contributed by atoms with E-state index in [0.29, 0.717) is 42.6 Å². The molecule has 0 spiro atoms. The van der Waals surface area contributed by atoms with Crippen molar-refractivity contribution in [3.8, 4) is 11.8 Å². The van der Waals surface area contributed by atoms with Crippen LogP contribution in [0.25, 0.3) is 0 Å². The van der Waals surface area contributed by atoms with Crippen molar-refractivity contribution in [2.75, 3.05) is 32.2 Å². The molecule has 34 heavy (non-hydrogen) atoms. The fourth-order valence-electron chi connectivity index (χ4n) is 4.02. The molecule has 0 fully saturated rings. The zero-order valence-corrected chi connectivity index (χ0v) is 19.8. The van der Waals surface area contributed by atoms with Crippen LogP contribution in [0.15, 0.2) is 48.5 Å². The fraction of sp³-hybridized carbons (Fsp3) is 0.308. The molecular formula is C26H26FN3O3S. The first-order chi connectivity index (χ1) is 16.6. The number of rotatable bonds is 9. The maximum Gasteiger partial charge on any atom is 0.229 e. The zero-order valence-electron chi connectivity index (χ0n) is 19.0. The van der Waals surface area contributed by atoms with Crippen molar-refractivity contribution in [3.63, 3.8) is 0 Å². The summed E-state index contributed by atoms with van der Waals surface area (Å²) in [6.45, 7) is 2.96. The van der Waals surface area contributed by atoms with Crippen LogP contribution in [0.3, 0.4) is 0 Å². The number of halogens is 1. The monoisotopic (exact) mass is 479 g/mol. The Kier molecular flexibility index (Phi) is 7.91. The predicted octanol–water partition coefficient (Wildman–Crippen LogP) is 4.52. The lowest BCUT2D eigenvalue weighted by Crippen LogP contribution is -2.29. The summed E-state index contributed by atoms with van der Waals surface area (Å²) >= 11 is 1.47. The number of thiophene rings is 1. The first kappa shape index (κ1) is 23.9. The van der Waals surface area contributed by atoms with Crippen molar-refractivity contribution in [2.45, 2.75) is 25.9 Å². The first-order valence-electron chi connectivity index (χ1n) is 11.1. The Labute approximate surface area is 202 Å². The number of methoxy groups -OCH3 is 1. The van der Waals surface area contributed by atoms with Crippen LogP contribution >= 0.6 is 11.3 Å². The topological polar surface area (TPSA) is 74.6 Å². The summed E-state index contributed by atoms with van der Waals surface area (Å²) in [4.78, 5) is 16.1. The molecule has 1 N–H and O–H groups in total. The highest BCUT2D eigenvalue weighted by Gasteiger charge is 2.25. The molecule has 1 aliphatic heterocycles. The smallest absolute Gasteiger partial charge is 0.229 e. The molecule has 1 aromatic heterocycles. The highest BCUT2D eigenvalue weighted by molar-refractivity contribution is 7.16. The van der Waals surface area contributed by atoms with E-state index in [4.69, 9.17) is 9.47 Å². The lowest BCUT2D eigenvalue weighted by molar-refractivity contribution is -0.115. The molecule has 2 aromatic carbocycles. The summed E-state index contributed by atoms with van der Waals surface area (Å²) in [7, 11) is 1.62. The number of nitrogens with zero attached hydrogens (tertiary/aromatic N) is 2. The van der Waals surface area contributed by atoms with E-state index in [1.54, 1.807) is 13.2 Å². The van der Waals surface area contributed by atoms with E-state index in [1.807, 2.05) is 30.3 Å². The third-order valence-corrected chi connectivity index (χ3v) is 6.81. The van der Waals surface area contributed by atoms with E-state index >= 15 is 0 Å². The number of hydrogen-bond donors (Lipinski definition) is 1. The number of nitrogens with one attached hydrogen (secondary N) is 1. The minimum Gasteiger partial charge on any atom is -0.491 e. The highest BCUT2D eigenvalue weighted by Crippen LogP contribution is 2.37. The van der Waals surface area contributed by atoms with Crippen LogP contribution in [0.1, 0.15) is 27.1 Å². The number of nitriles is 1. The maximum atomic E-state index is 13.5. The van der Waals surface area contributed by atoms with Crippen molar-refractivity contribution in [3.05, 3.63) is 81.5 Å². The second kappa shape index (κ2) is 11.3. The van der Waals surface area contributed by atoms with Crippen LogP contribution in [0, 0.1) is 17.1 Å². The normalized spacial score (nSPS) is 13.2. The molecule has 0 atom stereocenters. The number of carbonyl (C=O) groups is 1. The molecule has 2 heterocycles. The summed E-state index contributed by atoms with van der Waals surface area (Å²) < 4.78 is 24.1. The van der Waals surface area contributed by atoms with Gasteiger partial charge in [0, 0.05) is 37.2 Å². The molecule has 0 saturated carbocycles. The SMILES string of the molecule is COCCOc1cccc(CC(=O)Nc2sc3c(c2C#N)CN(Cc2cccc(F)c2)CC3)c1. The highest BCUT2D eigenvalue weighted by atomic mass is 32.1. The fourth-order valence-corrected chi connectivity index (χ4v) is 5.19. The minimum atomic E-state index is -0.250. The van der Waals surface area contributed by atoms with Gasteiger partial charge in [-0.05, 0) is 41.8 Å². The van der Waals surface area contributed by atoms with Crippen molar-refractivity contribution in [2.24, 2.45) is 0 Å². The molecule has 0 unspecified atom stereocenters. The minimum absolute atomic E-state index is 0.180. The zero-order chi connectivity index (χ0) is 23.9. The molecule has 0 aliphatic carbocycles. The van der Waals surface area contributed by atoms with Gasteiger partial charge in [0.1, 0.15) is 29.2 Å². The molecule has 1 aliphatic rings. The van der Waals surface area contributed by atoms with Gasteiger partial charge >= 0.3 is 0 Å². The van der Waals surface area contributed by atoms with Gasteiger partial charge in [-0.3, -0.25) is 9.69 Å². The second-order valence-electron chi connectivity index (χ2n) is 8.12. The molecule has 0 radical (unpaired) electrons. The second-order valence-corrected chi connectivity index (χ2v) is 9.23. The summed E-state index contributed by atoms with van der Waals surface area (Å²) in [5, 5.41) is 13.4. The molecule has 0 bridgehead atoms. The Hall–Kier alpha value is -3.25. The third kappa shape index (κ3) is 6.00. The Bertz CT molecular complexity index is 1200. The third-order valence-electron chi connectivity index (χ3n) is 5.61. The summed E-state index contributed by atoms with van der Waals surface area (Å²) in [6, 6.07) is 16.3. The number of fused-ring (bicyclic) bond motifs is 1. The van der Waals surface area contributed by atoms with Crippen LogP contribution in [0.5, 0.6) is 5.75 Å². The first-order valence-corrected chi connectivity index (χ1v) is 11.9. The average molecular weight is 480 g/mol. The lowest BCUT2D eigenvalue weighted by Gasteiger charge is -2.27. The van der Waals surface area contributed by atoms with Gasteiger partial charge in [0.15, 0.2) is 0 Å². The molecule has 1 amide bonds. The average Bonchev–Trinajstić information content (AvgIpc) is 3.15. The van der Waals surface area contributed by atoms with E-state index in [1.165, 1.54) is 23.5 Å². The number of amides is 1. The Morgan fingerprint density at radius 3 is 2.82 bits per heavy atom. The van der Waals surface area contributed by atoms with Gasteiger partial charge in [-0.1, -0.05) is 24.3 Å². The summed E-state index contributed by atoms with van der Waals surface area (Å²) in [6.07, 6.45) is 0.974. The molecule has 0 saturated heterocycles. The Morgan fingerprint density at radius 2 is 2.03 bits per heavy atom. The van der Waals surface area contributed by atoms with Crippen molar-refractivity contribution in [1.29, 1.82) is 5.26 Å². The Morgan fingerprint density at radius 1 is 1.21 bits per heavy atom. The largest absolute Gasteiger partial charge is 0.491 e. The van der Waals surface area contributed by atoms with Crippen LogP contribution in [-0.4, -0.2) is 37.7 Å². The number of hydrogen-bond acceptors (Lipinski definition) is 6. The van der Waals surface area contributed by atoms with E-state index in [-0.39, 0.29) is 18.1 Å². The van der Waals surface area contributed by atoms with E-state index < -0.39 is 0 Å². The van der Waals surface area contributed by atoms with Crippen molar-refractivity contribution >= 4 is 22.2 Å². The predicted molar refractivity (Wildman–Crippen MR) is 129 cm³/mol. The standard InChI is InChI=1S/C26H26FN3O3S/c1-32-10-11-33-21-7-3-4-18(13-21)14-25(31)29-26-22(15-28)23-17-30(9-8-24(23)34-26)16-19-5-2-6-20(27)12-19/h2-7,12-13H,8-11,14,16-17H2,1H3,(H,29,31). The summed E-state index contributed by atoms with van der Waals surface area (Å²) in [5.74, 6) is 0.256. The number of carbonyl (C=O) groups excluding carboxylic acids is 1. The van der Waals surface area contributed by atoms with Crippen LogP contribution in [-0.2, 0) is 35.5 Å². The van der Waals surface area contributed by atoms with Gasteiger partial charge in [-0.25, -0.2) is 4.39 Å². The van der Waals surface area contributed by atoms with E-state index in [0.717, 1.165) is 34.5 Å². The van der Waals surface area contributed by atoms with Crippen LogP contribution in [0.4, 0.5) is 9.39 Å². The van der Waals surface area contributed by atoms with Gasteiger partial charge in [0.2, 0.25) is 5.91 Å². The van der Waals surface area contributed by atoms with E-state index in [9.17, 15) is 14.4 Å². The summed E-state index contributed by atoms with van der Waals surface area (Å²) in [5.41, 5.74) is 3.21. The number of ether oxygens (including phenoxy) is 2. The maximum absolute atomic E-state index is 13.5. The lowest BCUT2D eigenvalue weighted by atomic mass is 10.0. The van der Waals surface area contributed by atoms with Crippen molar-refractivity contribution < 1.29 is 18.7 Å². The Balaban J connectivity index is 1.41. The van der Waals surface area contributed by atoms with Crippen molar-refractivity contribution in [1.82, 2.24) is 4.90 Å². The quantitative estimate of drug-likeness (QED) is 0.457. The van der Waals surface area contributed by atoms with Gasteiger partial charge in [0.05, 0.1) is 18.6 Å². The van der Waals surface area contributed by atoms with Crippen LogP contribution < -0.4 is 10.1 Å². The van der Waals surface area contributed by atoms with E-state index in [2.05, 4.69) is 16.3 Å². The molecule has 176 valence electrons. The number of anilines is 1. The van der Waals surface area contributed by atoms with Crippen LogP contribution in [0.2, 0.25) is 0 Å². The molecule has 4 rings (SSSR count). The molecule has 6 nitrogen and oxygen atoms in total. The van der Waals surface area contributed by atoms with Gasteiger partial charge in [0.25, 0.3) is 0 Å². The molecule has 8 heteroatoms. The van der Waals surface area contributed by atoms with Gasteiger partial charge < -0.3 is 14.8 Å². The number of benzene rings is 2.